The van der Waals surface area contributed by atoms with Crippen molar-refractivity contribution in [2.45, 2.75) is 26.8 Å². The molecule has 0 aromatic carbocycles. The lowest BCUT2D eigenvalue weighted by atomic mass is 10.0. The van der Waals surface area contributed by atoms with Crippen molar-refractivity contribution in [1.29, 1.82) is 0 Å². The van der Waals surface area contributed by atoms with Gasteiger partial charge in [-0.15, -0.1) is 11.3 Å². The lowest BCUT2D eigenvalue weighted by Gasteiger charge is -2.10. The van der Waals surface area contributed by atoms with Crippen LogP contribution >= 0.6 is 11.3 Å². The second-order valence-corrected chi connectivity index (χ2v) is 8.07. The summed E-state index contributed by atoms with van der Waals surface area (Å²) in [5, 5.41) is 23.9. The number of primary amides is 1. The van der Waals surface area contributed by atoms with E-state index in [9.17, 15) is 28.5 Å². The molecule has 0 aliphatic rings. The fourth-order valence-electron chi connectivity index (χ4n) is 3.44. The molecule has 0 bridgehead atoms. The maximum Gasteiger partial charge on any atom is 0.319 e. The van der Waals surface area contributed by atoms with Crippen LogP contribution in [0.1, 0.15) is 44.9 Å². The van der Waals surface area contributed by atoms with Crippen LogP contribution in [0.5, 0.6) is 0 Å². The maximum atomic E-state index is 13.6. The van der Waals surface area contributed by atoms with Crippen LogP contribution in [0.4, 0.5) is 20.2 Å². The molecule has 4 N–H and O–H groups in total. The zero-order valence-corrected chi connectivity index (χ0v) is 18.4. The van der Waals surface area contributed by atoms with Crippen LogP contribution in [0.15, 0.2) is 18.5 Å². The number of aryl methyl sites for hydroxylation is 2. The molecule has 0 atom stereocenters. The molecule has 0 spiro atoms. The Morgan fingerprint density at radius 1 is 1.38 bits per heavy atom. The Morgan fingerprint density at radius 3 is 2.71 bits per heavy atom. The molecular weight excluding hydrogens is 474 g/mol. The molecule has 34 heavy (non-hydrogen) atoms. The summed E-state index contributed by atoms with van der Waals surface area (Å²) >= 11 is 0.720. The number of aromatic nitrogens is 5. The number of halogens is 2. The summed E-state index contributed by atoms with van der Waals surface area (Å²) in [7, 11) is 0. The number of thiophene rings is 1. The van der Waals surface area contributed by atoms with Gasteiger partial charge in [-0.05, 0) is 25.5 Å². The van der Waals surface area contributed by atoms with E-state index in [4.69, 9.17) is 5.73 Å². The number of alkyl halides is 2. The van der Waals surface area contributed by atoms with Gasteiger partial charge in [-0.3, -0.25) is 29.5 Å². The third kappa shape index (κ3) is 3.85. The second kappa shape index (κ2) is 8.58. The number of pyridine rings is 1. The Morgan fingerprint density at radius 2 is 2.12 bits per heavy atom. The van der Waals surface area contributed by atoms with E-state index in [1.54, 1.807) is 17.8 Å². The summed E-state index contributed by atoms with van der Waals surface area (Å²) < 4.78 is 28.9. The van der Waals surface area contributed by atoms with E-state index >= 15 is 0 Å². The van der Waals surface area contributed by atoms with Crippen molar-refractivity contribution in [3.05, 3.63) is 50.5 Å². The van der Waals surface area contributed by atoms with Crippen molar-refractivity contribution in [2.24, 2.45) is 5.73 Å². The first kappa shape index (κ1) is 22.9. The van der Waals surface area contributed by atoms with Crippen LogP contribution in [-0.4, -0.2) is 41.7 Å². The van der Waals surface area contributed by atoms with Crippen LogP contribution in [0, 0.1) is 17.0 Å². The zero-order valence-electron chi connectivity index (χ0n) is 17.6. The minimum absolute atomic E-state index is 0.0275. The van der Waals surface area contributed by atoms with Gasteiger partial charge in [-0.25, -0.2) is 13.8 Å². The predicted octanol–water partition coefficient (Wildman–Crippen LogP) is 3.41. The highest BCUT2D eigenvalue weighted by Gasteiger charge is 2.29. The summed E-state index contributed by atoms with van der Waals surface area (Å²) in [6.07, 6.45) is -0.402. The average Bonchev–Trinajstić information content (AvgIpc) is 3.49. The number of fused-ring (bicyclic) bond motifs is 1. The van der Waals surface area contributed by atoms with Crippen LogP contribution < -0.4 is 11.1 Å². The number of hydrogen-bond acceptors (Lipinski definition) is 8. The summed E-state index contributed by atoms with van der Waals surface area (Å²) in [6.45, 7) is 4.05. The number of aromatic amines is 1. The quantitative estimate of drug-likeness (QED) is 0.263. The van der Waals surface area contributed by atoms with Gasteiger partial charge in [0.2, 0.25) is 5.69 Å². The molecule has 4 aromatic rings. The third-order valence-corrected chi connectivity index (χ3v) is 6.07. The molecule has 0 radical (unpaired) electrons. The average molecular weight is 490 g/mol. The van der Waals surface area contributed by atoms with Gasteiger partial charge in [0.25, 0.3) is 18.2 Å². The minimum atomic E-state index is -2.91. The van der Waals surface area contributed by atoms with Gasteiger partial charge in [0.15, 0.2) is 0 Å². The van der Waals surface area contributed by atoms with Gasteiger partial charge < -0.3 is 11.1 Å². The Hall–Kier alpha value is -4.27. The third-order valence-electron chi connectivity index (χ3n) is 4.97. The summed E-state index contributed by atoms with van der Waals surface area (Å²) in [6, 6.07) is 1.16. The fourth-order valence-corrected chi connectivity index (χ4v) is 4.45. The van der Waals surface area contributed by atoms with Gasteiger partial charge in [0, 0.05) is 23.7 Å². The van der Waals surface area contributed by atoms with E-state index in [1.807, 2.05) is 6.92 Å². The van der Waals surface area contributed by atoms with Crippen molar-refractivity contribution in [2.75, 3.05) is 5.32 Å². The Bertz CT molecular complexity index is 1460. The lowest BCUT2D eigenvalue weighted by Crippen LogP contribution is -2.18. The number of nitrogens with zero attached hydrogens (tertiary/aromatic N) is 5. The van der Waals surface area contributed by atoms with Gasteiger partial charge in [-0.1, -0.05) is 0 Å². The number of H-pyrrole nitrogens is 1. The molecule has 0 aliphatic heterocycles. The number of hydrogen-bond donors (Lipinski definition) is 3. The zero-order chi connectivity index (χ0) is 24.7. The largest absolute Gasteiger partial charge is 0.365 e. The summed E-state index contributed by atoms with van der Waals surface area (Å²) in [5.74, 6) is -1.92. The highest BCUT2D eigenvalue weighted by molar-refractivity contribution is 7.21. The standard InChI is InChI=1S/C19H16F2N8O4S/c1-3-28-6-9(7(2)27-28)8-4-10(16(20)21)24-19-12(8)14(15(34-19)17(22)30)25-18(31)13-11(29(32)33)5-23-26-13/h4-6,16H,3H2,1-2H3,(H2,22,30)(H,23,26)(H,25,31). The van der Waals surface area contributed by atoms with Crippen molar-refractivity contribution in [1.82, 2.24) is 25.0 Å². The van der Waals surface area contributed by atoms with Crippen LogP contribution in [-0.2, 0) is 6.54 Å². The van der Waals surface area contributed by atoms with E-state index in [1.165, 1.54) is 0 Å². The molecule has 15 heteroatoms. The van der Waals surface area contributed by atoms with E-state index in [0.29, 0.717) is 17.8 Å². The molecule has 0 fully saturated rings. The smallest absolute Gasteiger partial charge is 0.319 e. The van der Waals surface area contributed by atoms with Crippen LogP contribution in [0.2, 0.25) is 0 Å². The fraction of sp³-hybridized carbons (Fsp3) is 0.211. The van der Waals surface area contributed by atoms with Gasteiger partial charge in [-0.2, -0.15) is 10.2 Å². The minimum Gasteiger partial charge on any atom is -0.365 e. The van der Waals surface area contributed by atoms with E-state index in [0.717, 1.165) is 23.6 Å². The van der Waals surface area contributed by atoms with Crippen molar-refractivity contribution >= 4 is 44.7 Å². The monoisotopic (exact) mass is 490 g/mol. The molecule has 0 aliphatic carbocycles. The number of carbonyl (C=O) groups excluding carboxylic acids is 2. The number of nitro groups is 1. The Balaban J connectivity index is 1.98. The molecule has 176 valence electrons. The number of rotatable bonds is 7. The van der Waals surface area contributed by atoms with Crippen molar-refractivity contribution < 1.29 is 23.3 Å². The van der Waals surface area contributed by atoms with Crippen LogP contribution in [0.25, 0.3) is 21.3 Å². The molecule has 4 rings (SSSR count). The van der Waals surface area contributed by atoms with Gasteiger partial charge >= 0.3 is 5.69 Å². The SMILES string of the molecule is CCn1cc(-c2cc(C(F)F)nc3sc(C(N)=O)c(NC(=O)c4[nH]ncc4[N+](=O)[O-])c23)c(C)n1. The highest BCUT2D eigenvalue weighted by Crippen LogP contribution is 2.43. The predicted molar refractivity (Wildman–Crippen MR) is 118 cm³/mol. The van der Waals surface area contributed by atoms with Crippen molar-refractivity contribution in [3.63, 3.8) is 0 Å². The van der Waals surface area contributed by atoms with Gasteiger partial charge in [0.05, 0.1) is 16.3 Å². The Labute approximate surface area is 192 Å². The van der Waals surface area contributed by atoms with E-state index < -0.39 is 40.2 Å². The number of anilines is 1. The summed E-state index contributed by atoms with van der Waals surface area (Å²) in [5.41, 5.74) is 5.04. The van der Waals surface area contributed by atoms with E-state index in [-0.39, 0.29) is 26.3 Å². The highest BCUT2D eigenvalue weighted by atomic mass is 32.1. The molecular formula is C19H16F2N8O4S. The topological polar surface area (TPSA) is 175 Å². The number of nitrogens with two attached hydrogens (primary N) is 1. The normalized spacial score (nSPS) is 11.3. The lowest BCUT2D eigenvalue weighted by molar-refractivity contribution is -0.385. The van der Waals surface area contributed by atoms with E-state index in [2.05, 4.69) is 25.6 Å². The maximum absolute atomic E-state index is 13.6. The first-order valence-electron chi connectivity index (χ1n) is 9.71. The van der Waals surface area contributed by atoms with Crippen molar-refractivity contribution in [3.8, 4) is 11.1 Å². The van der Waals surface area contributed by atoms with Gasteiger partial charge in [0.1, 0.15) is 21.6 Å². The molecule has 0 saturated heterocycles. The summed E-state index contributed by atoms with van der Waals surface area (Å²) in [4.78, 5) is 39.2. The number of carbonyl (C=O) groups is 2. The molecule has 4 heterocycles. The molecule has 2 amide bonds. The Kier molecular flexibility index (Phi) is 5.78. The molecule has 12 nitrogen and oxygen atoms in total. The molecule has 0 unspecified atom stereocenters. The first-order chi connectivity index (χ1) is 16.1. The first-order valence-corrected chi connectivity index (χ1v) is 10.5. The second-order valence-electron chi connectivity index (χ2n) is 7.07. The molecule has 0 saturated carbocycles. The number of amides is 2. The number of nitrogens with one attached hydrogen (secondary N) is 2. The molecule has 4 aromatic heterocycles. The van der Waals surface area contributed by atoms with Crippen LogP contribution in [0.3, 0.4) is 0 Å².